The molecule has 0 amide bonds. The third-order valence-electron chi connectivity index (χ3n) is 1.93. The van der Waals surface area contributed by atoms with Gasteiger partial charge in [0.2, 0.25) is 0 Å². The minimum Gasteiger partial charge on any atom is -0.361 e. The molecule has 80 valence electrons. The Morgan fingerprint density at radius 1 is 1.40 bits per heavy atom. The van der Waals surface area contributed by atoms with E-state index in [9.17, 15) is 0 Å². The highest BCUT2D eigenvalue weighted by Gasteiger charge is 2.01. The smallest absolute Gasteiger partial charge is 0.133 e. The molecule has 0 aliphatic carbocycles. The average Bonchev–Trinajstić information content (AvgIpc) is 2.76. The van der Waals surface area contributed by atoms with Crippen LogP contribution in [0.25, 0.3) is 0 Å². The van der Waals surface area contributed by atoms with Crippen molar-refractivity contribution in [2.45, 2.75) is 26.9 Å². The van der Waals surface area contributed by atoms with E-state index in [1.165, 1.54) is 0 Å². The van der Waals surface area contributed by atoms with E-state index in [2.05, 4.69) is 20.8 Å². The lowest BCUT2D eigenvalue weighted by molar-refractivity contribution is 0.388. The van der Waals surface area contributed by atoms with Gasteiger partial charge in [0.1, 0.15) is 10.8 Å². The minimum atomic E-state index is 0.718. The molecule has 2 heterocycles. The number of hydrogen-bond acceptors (Lipinski definition) is 5. The van der Waals surface area contributed by atoms with Crippen LogP contribution in [0.5, 0.6) is 0 Å². The van der Waals surface area contributed by atoms with E-state index in [-0.39, 0.29) is 0 Å². The summed E-state index contributed by atoms with van der Waals surface area (Å²) in [5.74, 6) is 0.844. The van der Waals surface area contributed by atoms with E-state index in [1.807, 2.05) is 19.9 Å². The molecule has 5 heteroatoms. The van der Waals surface area contributed by atoms with Gasteiger partial charge in [0.25, 0.3) is 0 Å². The molecule has 0 spiro atoms. The second-order valence-corrected chi connectivity index (χ2v) is 4.36. The molecule has 0 aliphatic rings. The molecule has 15 heavy (non-hydrogen) atoms. The SMILES string of the molecule is Cc1csc(CNCc2cc(C)on2)n1. The molecule has 0 radical (unpaired) electrons. The van der Waals surface area contributed by atoms with Crippen molar-refractivity contribution in [2.24, 2.45) is 0 Å². The lowest BCUT2D eigenvalue weighted by Crippen LogP contribution is -2.12. The Kier molecular flexibility index (Phi) is 3.13. The Morgan fingerprint density at radius 3 is 2.87 bits per heavy atom. The Balaban J connectivity index is 1.80. The molecular formula is C10H13N3OS. The molecule has 2 aromatic heterocycles. The largest absolute Gasteiger partial charge is 0.361 e. The summed E-state index contributed by atoms with van der Waals surface area (Å²) in [6, 6.07) is 1.93. The van der Waals surface area contributed by atoms with Gasteiger partial charge in [0.15, 0.2) is 0 Å². The predicted molar refractivity (Wildman–Crippen MR) is 58.6 cm³/mol. The Hall–Kier alpha value is -1.20. The van der Waals surface area contributed by atoms with Gasteiger partial charge in [-0.3, -0.25) is 0 Å². The van der Waals surface area contributed by atoms with Crippen LogP contribution in [0.15, 0.2) is 16.0 Å². The van der Waals surface area contributed by atoms with Gasteiger partial charge in [0.05, 0.1) is 5.69 Å². The van der Waals surface area contributed by atoms with Crippen LogP contribution in [0.3, 0.4) is 0 Å². The molecule has 2 aromatic rings. The lowest BCUT2D eigenvalue weighted by atomic mass is 10.4. The van der Waals surface area contributed by atoms with Crippen molar-refractivity contribution in [2.75, 3.05) is 0 Å². The first kappa shape index (κ1) is 10.3. The van der Waals surface area contributed by atoms with Crippen molar-refractivity contribution in [3.8, 4) is 0 Å². The molecule has 4 nitrogen and oxygen atoms in total. The topological polar surface area (TPSA) is 51.0 Å². The van der Waals surface area contributed by atoms with Crippen LogP contribution in [-0.4, -0.2) is 10.1 Å². The molecule has 0 bridgehead atoms. The van der Waals surface area contributed by atoms with Crippen LogP contribution < -0.4 is 5.32 Å². The molecule has 0 saturated carbocycles. The van der Waals surface area contributed by atoms with Crippen molar-refractivity contribution in [1.29, 1.82) is 0 Å². The fourth-order valence-corrected chi connectivity index (χ4v) is 2.02. The first-order valence-electron chi connectivity index (χ1n) is 4.78. The highest BCUT2D eigenvalue weighted by Crippen LogP contribution is 2.08. The monoisotopic (exact) mass is 223 g/mol. The molecule has 2 rings (SSSR count). The van der Waals surface area contributed by atoms with Crippen molar-refractivity contribution < 1.29 is 4.52 Å². The average molecular weight is 223 g/mol. The summed E-state index contributed by atoms with van der Waals surface area (Å²) in [4.78, 5) is 4.36. The zero-order valence-electron chi connectivity index (χ0n) is 8.78. The maximum Gasteiger partial charge on any atom is 0.133 e. The molecule has 0 fully saturated rings. The second-order valence-electron chi connectivity index (χ2n) is 3.42. The lowest BCUT2D eigenvalue weighted by Gasteiger charge is -1.97. The van der Waals surface area contributed by atoms with E-state index in [0.717, 1.165) is 35.2 Å². The van der Waals surface area contributed by atoms with Crippen LogP contribution in [-0.2, 0) is 13.1 Å². The van der Waals surface area contributed by atoms with Gasteiger partial charge in [0, 0.05) is 30.2 Å². The second kappa shape index (κ2) is 4.55. The summed E-state index contributed by atoms with van der Waals surface area (Å²) >= 11 is 1.67. The molecule has 0 unspecified atom stereocenters. The molecular weight excluding hydrogens is 210 g/mol. The van der Waals surface area contributed by atoms with Gasteiger partial charge in [-0.05, 0) is 13.8 Å². The number of nitrogens with zero attached hydrogens (tertiary/aromatic N) is 2. The van der Waals surface area contributed by atoms with E-state index >= 15 is 0 Å². The highest BCUT2D eigenvalue weighted by molar-refractivity contribution is 7.09. The number of nitrogens with one attached hydrogen (secondary N) is 1. The zero-order chi connectivity index (χ0) is 10.7. The quantitative estimate of drug-likeness (QED) is 0.861. The minimum absolute atomic E-state index is 0.718. The third kappa shape index (κ3) is 2.87. The van der Waals surface area contributed by atoms with Crippen molar-refractivity contribution in [1.82, 2.24) is 15.5 Å². The van der Waals surface area contributed by atoms with Gasteiger partial charge in [-0.1, -0.05) is 5.16 Å². The first-order valence-corrected chi connectivity index (χ1v) is 5.66. The molecule has 0 atom stereocenters. The molecule has 0 aliphatic heterocycles. The summed E-state index contributed by atoms with van der Waals surface area (Å²) in [5, 5.41) is 10.3. The van der Waals surface area contributed by atoms with E-state index < -0.39 is 0 Å². The van der Waals surface area contributed by atoms with Gasteiger partial charge < -0.3 is 9.84 Å². The molecule has 0 saturated heterocycles. The molecule has 0 aromatic carbocycles. The van der Waals surface area contributed by atoms with Crippen LogP contribution in [0.1, 0.15) is 22.2 Å². The van der Waals surface area contributed by atoms with Crippen LogP contribution in [0, 0.1) is 13.8 Å². The fourth-order valence-electron chi connectivity index (χ4n) is 1.28. The first-order chi connectivity index (χ1) is 7.24. The number of aromatic nitrogens is 2. The third-order valence-corrected chi connectivity index (χ3v) is 2.89. The summed E-state index contributed by atoms with van der Waals surface area (Å²) < 4.78 is 4.97. The van der Waals surface area contributed by atoms with E-state index in [4.69, 9.17) is 4.52 Å². The maximum absolute atomic E-state index is 4.97. The Bertz CT molecular complexity index is 395. The normalized spacial score (nSPS) is 10.8. The van der Waals surface area contributed by atoms with Gasteiger partial charge in [-0.25, -0.2) is 4.98 Å². The number of aryl methyl sites for hydroxylation is 2. The van der Waals surface area contributed by atoms with Crippen molar-refractivity contribution in [3.05, 3.63) is 33.6 Å². The Morgan fingerprint density at radius 2 is 2.27 bits per heavy atom. The molecule has 1 N–H and O–H groups in total. The summed E-state index contributed by atoms with van der Waals surface area (Å²) in [7, 11) is 0. The van der Waals surface area contributed by atoms with Crippen LogP contribution >= 0.6 is 11.3 Å². The van der Waals surface area contributed by atoms with Crippen LogP contribution in [0.4, 0.5) is 0 Å². The highest BCUT2D eigenvalue weighted by atomic mass is 32.1. The van der Waals surface area contributed by atoms with E-state index in [0.29, 0.717) is 0 Å². The van der Waals surface area contributed by atoms with Gasteiger partial charge in [-0.2, -0.15) is 0 Å². The summed E-state index contributed by atoms with van der Waals surface area (Å²) in [5.41, 5.74) is 2.01. The number of hydrogen-bond donors (Lipinski definition) is 1. The van der Waals surface area contributed by atoms with Crippen molar-refractivity contribution in [3.63, 3.8) is 0 Å². The zero-order valence-corrected chi connectivity index (χ0v) is 9.60. The number of rotatable bonds is 4. The van der Waals surface area contributed by atoms with Gasteiger partial charge in [-0.15, -0.1) is 11.3 Å². The summed E-state index contributed by atoms with van der Waals surface area (Å²) in [6.45, 7) is 5.39. The standard InChI is InChI=1S/C10H13N3OS/c1-7-6-15-10(12-7)5-11-4-9-3-8(2)14-13-9/h3,6,11H,4-5H2,1-2H3. The van der Waals surface area contributed by atoms with Crippen LogP contribution in [0.2, 0.25) is 0 Å². The van der Waals surface area contributed by atoms with Gasteiger partial charge >= 0.3 is 0 Å². The predicted octanol–water partition coefficient (Wildman–Crippen LogP) is 2.04. The fraction of sp³-hybridized carbons (Fsp3) is 0.400. The summed E-state index contributed by atoms with van der Waals surface area (Å²) in [6.07, 6.45) is 0. The Labute approximate surface area is 92.3 Å². The van der Waals surface area contributed by atoms with Crippen molar-refractivity contribution >= 4 is 11.3 Å². The number of thiazole rings is 1. The maximum atomic E-state index is 4.97. The van der Waals surface area contributed by atoms with E-state index in [1.54, 1.807) is 11.3 Å².